The first-order chi connectivity index (χ1) is 13.6. The zero-order valence-corrected chi connectivity index (χ0v) is 15.2. The van der Waals surface area contributed by atoms with Crippen LogP contribution in [-0.2, 0) is 4.74 Å². The lowest BCUT2D eigenvalue weighted by atomic mass is 10.0. The smallest absolute Gasteiger partial charge is 0.404 e. The largest absolute Gasteiger partial charge is 0.496 e. The molecule has 0 aliphatic rings. The monoisotopic (exact) mass is 380 g/mol. The summed E-state index contributed by atoms with van der Waals surface area (Å²) in [6.45, 7) is -0.0741. The molecule has 144 valence electrons. The number of methoxy groups -OCH3 is 1. The Labute approximate surface area is 161 Å². The molecular formula is C20H20N4O4. The molecule has 1 heterocycles. The van der Waals surface area contributed by atoms with Gasteiger partial charge in [-0.2, -0.15) is 5.10 Å². The van der Waals surface area contributed by atoms with Crippen LogP contribution in [0.5, 0.6) is 5.75 Å². The van der Waals surface area contributed by atoms with Gasteiger partial charge in [-0.1, -0.05) is 30.3 Å². The minimum atomic E-state index is -0.902. The van der Waals surface area contributed by atoms with Crippen molar-refractivity contribution in [3.8, 4) is 16.9 Å². The first-order valence-electron chi connectivity index (χ1n) is 8.53. The third kappa shape index (κ3) is 4.47. The molecule has 3 aromatic rings. The predicted molar refractivity (Wildman–Crippen MR) is 103 cm³/mol. The maximum absolute atomic E-state index is 12.8. The van der Waals surface area contributed by atoms with Gasteiger partial charge in [0.15, 0.2) is 0 Å². The maximum atomic E-state index is 12.8. The number of carbonyl (C=O) groups is 2. The molecule has 0 saturated carbocycles. The van der Waals surface area contributed by atoms with Gasteiger partial charge in [0.25, 0.3) is 5.91 Å². The third-order valence-corrected chi connectivity index (χ3v) is 4.17. The lowest BCUT2D eigenvalue weighted by molar-refractivity contribution is 0.0898. The number of nitrogens with two attached hydrogens (primary N) is 1. The quantitative estimate of drug-likeness (QED) is 0.582. The number of carbonyl (C=O) groups excluding carboxylic acids is 2. The first kappa shape index (κ1) is 19.0. The van der Waals surface area contributed by atoms with Gasteiger partial charge < -0.3 is 20.5 Å². The standard InChI is InChI=1S/C20H20N4O4/c1-27-18-9-14(7-8-16(18)15-10-22-23-11-15)19(25)24-17(12-28-20(21)26)13-5-3-2-4-6-13/h2-11,17H,12H2,1H3,(H2,21,26)(H,22,23)(H,24,25). The Kier molecular flexibility index (Phi) is 5.91. The molecule has 1 unspecified atom stereocenters. The summed E-state index contributed by atoms with van der Waals surface area (Å²) in [5.74, 6) is 0.206. The number of aromatic nitrogens is 2. The van der Waals surface area contributed by atoms with Crippen LogP contribution in [0.1, 0.15) is 22.0 Å². The lowest BCUT2D eigenvalue weighted by Crippen LogP contribution is -2.33. The van der Waals surface area contributed by atoms with Crippen molar-refractivity contribution in [2.24, 2.45) is 5.73 Å². The molecule has 1 aromatic heterocycles. The summed E-state index contributed by atoms with van der Waals surface area (Å²) in [5, 5.41) is 9.54. The average Bonchev–Trinajstić information content (AvgIpc) is 3.25. The molecule has 0 spiro atoms. The Morgan fingerprint density at radius 3 is 2.64 bits per heavy atom. The molecule has 0 fully saturated rings. The third-order valence-electron chi connectivity index (χ3n) is 4.17. The van der Waals surface area contributed by atoms with Gasteiger partial charge in [-0.15, -0.1) is 0 Å². The van der Waals surface area contributed by atoms with Crippen LogP contribution in [0.25, 0.3) is 11.1 Å². The Balaban J connectivity index is 1.82. The number of ether oxygens (including phenoxy) is 2. The van der Waals surface area contributed by atoms with Crippen LogP contribution in [0.3, 0.4) is 0 Å². The van der Waals surface area contributed by atoms with E-state index in [9.17, 15) is 9.59 Å². The second kappa shape index (κ2) is 8.72. The van der Waals surface area contributed by atoms with Crippen molar-refractivity contribution in [3.05, 3.63) is 72.1 Å². The molecule has 2 aromatic carbocycles. The normalized spacial score (nSPS) is 11.5. The summed E-state index contributed by atoms with van der Waals surface area (Å²) in [6.07, 6.45) is 2.51. The fraction of sp³-hybridized carbons (Fsp3) is 0.150. The number of amides is 2. The van der Waals surface area contributed by atoms with Crippen LogP contribution >= 0.6 is 0 Å². The van der Waals surface area contributed by atoms with E-state index >= 15 is 0 Å². The van der Waals surface area contributed by atoms with E-state index in [1.807, 2.05) is 30.3 Å². The molecule has 0 saturated heterocycles. The summed E-state index contributed by atoms with van der Waals surface area (Å²) < 4.78 is 10.3. The van der Waals surface area contributed by atoms with Crippen molar-refractivity contribution in [1.82, 2.24) is 15.5 Å². The highest BCUT2D eigenvalue weighted by Crippen LogP contribution is 2.30. The molecule has 4 N–H and O–H groups in total. The zero-order chi connectivity index (χ0) is 19.9. The van der Waals surface area contributed by atoms with Gasteiger partial charge >= 0.3 is 6.09 Å². The molecule has 1 atom stereocenters. The van der Waals surface area contributed by atoms with Crippen molar-refractivity contribution in [1.29, 1.82) is 0 Å². The highest BCUT2D eigenvalue weighted by molar-refractivity contribution is 5.95. The van der Waals surface area contributed by atoms with Crippen molar-refractivity contribution in [2.45, 2.75) is 6.04 Å². The van der Waals surface area contributed by atoms with Crippen molar-refractivity contribution in [2.75, 3.05) is 13.7 Å². The van der Waals surface area contributed by atoms with Gasteiger partial charge in [0, 0.05) is 22.9 Å². The molecule has 8 heteroatoms. The minimum Gasteiger partial charge on any atom is -0.496 e. The van der Waals surface area contributed by atoms with Crippen molar-refractivity contribution >= 4 is 12.0 Å². The number of nitrogens with one attached hydrogen (secondary N) is 2. The molecule has 0 aliphatic heterocycles. The van der Waals surface area contributed by atoms with Gasteiger partial charge in [0.05, 0.1) is 19.3 Å². The van der Waals surface area contributed by atoms with E-state index < -0.39 is 12.1 Å². The summed E-state index contributed by atoms with van der Waals surface area (Å²) in [4.78, 5) is 23.8. The number of primary amides is 1. The van der Waals surface area contributed by atoms with Crippen LogP contribution in [0, 0.1) is 0 Å². The molecule has 2 amide bonds. The number of aromatic amines is 1. The molecule has 0 radical (unpaired) electrons. The predicted octanol–water partition coefficient (Wildman–Crippen LogP) is 2.65. The van der Waals surface area contributed by atoms with E-state index in [-0.39, 0.29) is 12.5 Å². The second-order valence-corrected chi connectivity index (χ2v) is 5.97. The van der Waals surface area contributed by atoms with Crippen molar-refractivity contribution in [3.63, 3.8) is 0 Å². The van der Waals surface area contributed by atoms with E-state index in [1.165, 1.54) is 7.11 Å². The number of hydrogen-bond donors (Lipinski definition) is 3. The number of benzene rings is 2. The summed E-state index contributed by atoms with van der Waals surface area (Å²) in [7, 11) is 1.54. The molecule has 3 rings (SSSR count). The summed E-state index contributed by atoms with van der Waals surface area (Å²) in [6, 6.07) is 13.8. The Hall–Kier alpha value is -3.81. The van der Waals surface area contributed by atoms with E-state index in [0.29, 0.717) is 11.3 Å². The number of hydrogen-bond acceptors (Lipinski definition) is 5. The Morgan fingerprint density at radius 2 is 2.00 bits per heavy atom. The molecule has 0 aliphatic carbocycles. The van der Waals surface area contributed by atoms with Gasteiger partial charge in [-0.05, 0) is 23.8 Å². The second-order valence-electron chi connectivity index (χ2n) is 5.97. The van der Waals surface area contributed by atoms with Gasteiger partial charge in [-0.3, -0.25) is 9.89 Å². The first-order valence-corrected chi connectivity index (χ1v) is 8.53. The number of H-pyrrole nitrogens is 1. The lowest BCUT2D eigenvalue weighted by Gasteiger charge is -2.19. The highest BCUT2D eigenvalue weighted by atomic mass is 16.5. The van der Waals surface area contributed by atoms with Crippen LogP contribution in [0.2, 0.25) is 0 Å². The SMILES string of the molecule is COc1cc(C(=O)NC(COC(N)=O)c2ccccc2)ccc1-c1cn[nH]c1. The fourth-order valence-corrected chi connectivity index (χ4v) is 2.78. The maximum Gasteiger partial charge on any atom is 0.404 e. The zero-order valence-electron chi connectivity index (χ0n) is 15.2. The highest BCUT2D eigenvalue weighted by Gasteiger charge is 2.19. The van der Waals surface area contributed by atoms with E-state index in [1.54, 1.807) is 30.6 Å². The van der Waals surface area contributed by atoms with Crippen molar-refractivity contribution < 1.29 is 19.1 Å². The van der Waals surface area contributed by atoms with Gasteiger partial charge in [0.1, 0.15) is 12.4 Å². The summed E-state index contributed by atoms with van der Waals surface area (Å²) in [5.41, 5.74) is 7.92. The van der Waals surface area contributed by atoms with Gasteiger partial charge in [-0.25, -0.2) is 4.79 Å². The fourth-order valence-electron chi connectivity index (χ4n) is 2.78. The molecule has 28 heavy (non-hydrogen) atoms. The molecular weight excluding hydrogens is 360 g/mol. The van der Waals surface area contributed by atoms with E-state index in [2.05, 4.69) is 15.5 Å². The van der Waals surface area contributed by atoms with Crippen LogP contribution in [-0.4, -0.2) is 35.9 Å². The van der Waals surface area contributed by atoms with E-state index in [0.717, 1.165) is 16.7 Å². The average molecular weight is 380 g/mol. The number of rotatable bonds is 7. The van der Waals surface area contributed by atoms with Crippen LogP contribution in [0.15, 0.2) is 60.9 Å². The minimum absolute atomic E-state index is 0.0741. The van der Waals surface area contributed by atoms with Crippen LogP contribution < -0.4 is 15.8 Å². The Morgan fingerprint density at radius 1 is 1.21 bits per heavy atom. The molecule has 0 bridgehead atoms. The van der Waals surface area contributed by atoms with Gasteiger partial charge in [0.2, 0.25) is 0 Å². The van der Waals surface area contributed by atoms with Crippen LogP contribution in [0.4, 0.5) is 4.79 Å². The topological polar surface area (TPSA) is 119 Å². The number of nitrogens with zero attached hydrogens (tertiary/aromatic N) is 1. The van der Waals surface area contributed by atoms with E-state index in [4.69, 9.17) is 15.2 Å². The molecule has 8 nitrogen and oxygen atoms in total. The Bertz CT molecular complexity index is 942. The summed E-state index contributed by atoms with van der Waals surface area (Å²) >= 11 is 0.